The minimum atomic E-state index is -0.786. The minimum absolute atomic E-state index is 0.0518. The fraction of sp³-hybridized carbons (Fsp3) is 0.567. The zero-order valence-corrected chi connectivity index (χ0v) is 23.8. The van der Waals surface area contributed by atoms with Gasteiger partial charge in [0.1, 0.15) is 18.3 Å². The number of aromatic nitrogens is 3. The summed E-state index contributed by atoms with van der Waals surface area (Å²) in [5.74, 6) is -0.218. The van der Waals surface area contributed by atoms with Crippen molar-refractivity contribution in [1.29, 1.82) is 0 Å². The van der Waals surface area contributed by atoms with Crippen molar-refractivity contribution in [2.45, 2.75) is 70.2 Å². The number of pyridine rings is 1. The van der Waals surface area contributed by atoms with E-state index in [9.17, 15) is 13.6 Å². The van der Waals surface area contributed by atoms with Crippen LogP contribution >= 0.6 is 0 Å². The second-order valence-corrected chi connectivity index (χ2v) is 12.5. The van der Waals surface area contributed by atoms with Gasteiger partial charge in [0.2, 0.25) is 5.91 Å². The van der Waals surface area contributed by atoms with Crippen molar-refractivity contribution in [2.24, 2.45) is 0 Å². The van der Waals surface area contributed by atoms with Gasteiger partial charge in [-0.1, -0.05) is 26.0 Å². The van der Waals surface area contributed by atoms with Gasteiger partial charge in [0.25, 0.3) is 0 Å². The Morgan fingerprint density at radius 3 is 2.67 bits per heavy atom. The van der Waals surface area contributed by atoms with E-state index < -0.39 is 6.17 Å². The van der Waals surface area contributed by atoms with Gasteiger partial charge in [0.15, 0.2) is 5.65 Å². The molecule has 214 valence electrons. The van der Waals surface area contributed by atoms with E-state index in [2.05, 4.69) is 52.0 Å². The maximum absolute atomic E-state index is 14.2. The number of rotatable bonds is 6. The molecule has 5 heterocycles. The van der Waals surface area contributed by atoms with Gasteiger partial charge < -0.3 is 10.2 Å². The number of hydrogen-bond acceptors (Lipinski definition) is 6. The third-order valence-corrected chi connectivity index (χ3v) is 9.00. The Hall–Kier alpha value is -2.95. The number of nitrogens with zero attached hydrogens (tertiary/aromatic N) is 6. The average Bonchev–Trinajstić information content (AvgIpc) is 3.59. The minimum Gasteiger partial charge on any atom is -0.311 e. The number of halogens is 2. The Bertz CT molecular complexity index is 1390. The first-order valence-electron chi connectivity index (χ1n) is 14.4. The summed E-state index contributed by atoms with van der Waals surface area (Å²) in [6.45, 7) is 12.3. The van der Waals surface area contributed by atoms with Crippen LogP contribution in [0.1, 0.15) is 50.9 Å². The molecule has 2 fully saturated rings. The summed E-state index contributed by atoms with van der Waals surface area (Å²) in [5.41, 5.74) is 4.18. The molecule has 0 radical (unpaired) electrons. The number of alkyl halides is 1. The van der Waals surface area contributed by atoms with Crippen LogP contribution in [-0.4, -0.2) is 93.9 Å². The molecule has 0 saturated carbocycles. The summed E-state index contributed by atoms with van der Waals surface area (Å²) in [4.78, 5) is 25.0. The second-order valence-electron chi connectivity index (χ2n) is 12.5. The van der Waals surface area contributed by atoms with E-state index in [1.54, 1.807) is 18.5 Å². The molecular formula is C30H39F2N7O. The van der Waals surface area contributed by atoms with Crippen LogP contribution in [0.15, 0.2) is 36.7 Å². The Labute approximate surface area is 234 Å². The summed E-state index contributed by atoms with van der Waals surface area (Å²) in [6, 6.07) is 8.87. The number of fused-ring (bicyclic) bond motifs is 3. The highest BCUT2D eigenvalue weighted by atomic mass is 19.1. The first-order valence-corrected chi connectivity index (χ1v) is 14.4. The SMILES string of the molecule is C[C@@H]1CN(CC(=O)N2CC(C)(C)c3c2cc(Cc2ccc(F)cc2)c2ncnn32)[C@@H](CN2CC[C@H](F)[C@H]2C)CN1. The molecule has 8 nitrogen and oxygen atoms in total. The molecule has 3 aromatic rings. The van der Waals surface area contributed by atoms with Gasteiger partial charge in [-0.05, 0) is 44.0 Å². The third kappa shape index (κ3) is 5.01. The molecule has 0 aliphatic carbocycles. The number of anilines is 1. The predicted molar refractivity (Wildman–Crippen MR) is 151 cm³/mol. The highest BCUT2D eigenvalue weighted by molar-refractivity contribution is 5.97. The smallest absolute Gasteiger partial charge is 0.241 e. The summed E-state index contributed by atoms with van der Waals surface area (Å²) in [7, 11) is 0. The molecule has 2 aromatic heterocycles. The van der Waals surface area contributed by atoms with Crippen molar-refractivity contribution >= 4 is 17.2 Å². The first kappa shape index (κ1) is 27.2. The Morgan fingerprint density at radius 2 is 1.95 bits per heavy atom. The third-order valence-electron chi connectivity index (χ3n) is 9.00. The fourth-order valence-electron chi connectivity index (χ4n) is 6.76. The molecule has 1 amide bonds. The van der Waals surface area contributed by atoms with E-state index >= 15 is 0 Å². The van der Waals surface area contributed by atoms with Crippen molar-refractivity contribution in [3.05, 3.63) is 59.3 Å². The van der Waals surface area contributed by atoms with Gasteiger partial charge in [-0.25, -0.2) is 18.3 Å². The van der Waals surface area contributed by atoms with E-state index in [0.29, 0.717) is 25.9 Å². The van der Waals surface area contributed by atoms with Crippen molar-refractivity contribution in [3.63, 3.8) is 0 Å². The van der Waals surface area contributed by atoms with Crippen LogP contribution < -0.4 is 10.2 Å². The summed E-state index contributed by atoms with van der Waals surface area (Å²) in [5, 5.41) is 8.11. The van der Waals surface area contributed by atoms with Gasteiger partial charge in [-0.2, -0.15) is 5.10 Å². The van der Waals surface area contributed by atoms with Crippen molar-refractivity contribution in [2.75, 3.05) is 44.2 Å². The van der Waals surface area contributed by atoms with Crippen molar-refractivity contribution in [3.8, 4) is 0 Å². The molecule has 0 bridgehead atoms. The second kappa shape index (κ2) is 10.5. The molecule has 10 heteroatoms. The lowest BCUT2D eigenvalue weighted by molar-refractivity contribution is -0.120. The molecular weight excluding hydrogens is 512 g/mol. The van der Waals surface area contributed by atoms with E-state index in [4.69, 9.17) is 0 Å². The first-order chi connectivity index (χ1) is 19.1. The number of benzene rings is 1. The molecule has 40 heavy (non-hydrogen) atoms. The van der Waals surface area contributed by atoms with Gasteiger partial charge in [0.05, 0.1) is 17.9 Å². The van der Waals surface area contributed by atoms with Crippen molar-refractivity contribution < 1.29 is 13.6 Å². The molecule has 1 N–H and O–H groups in total. The zero-order chi connectivity index (χ0) is 28.2. The normalized spacial score (nSPS) is 27.0. The van der Waals surface area contributed by atoms with Crippen LogP contribution in [0, 0.1) is 5.82 Å². The number of amides is 1. The molecule has 3 aliphatic heterocycles. The standard InChI is InChI=1S/C30H39F2N7O/c1-19-14-37(24(13-33-19)15-36-10-9-25(32)20(36)2)16-27(40)38-17-30(3,4)28-26(38)12-22(29-34-18-35-39(28)29)11-21-5-7-23(31)8-6-21/h5-8,12,18-20,24-25,33H,9-11,13-17H2,1-4H3/t19-,20-,24-,25+/m1/s1. The highest BCUT2D eigenvalue weighted by Crippen LogP contribution is 2.42. The molecule has 0 unspecified atom stereocenters. The van der Waals surface area contributed by atoms with Gasteiger partial charge in [-0.3, -0.25) is 14.6 Å². The Balaban J connectivity index is 1.28. The Kier molecular flexibility index (Phi) is 7.13. The molecule has 2 saturated heterocycles. The lowest BCUT2D eigenvalue weighted by Gasteiger charge is -2.41. The largest absolute Gasteiger partial charge is 0.311 e. The number of nitrogens with one attached hydrogen (secondary N) is 1. The van der Waals surface area contributed by atoms with Crippen molar-refractivity contribution in [1.82, 2.24) is 29.7 Å². The molecule has 4 atom stereocenters. The summed E-state index contributed by atoms with van der Waals surface area (Å²) >= 11 is 0. The van der Waals surface area contributed by atoms with Gasteiger partial charge in [0, 0.05) is 68.2 Å². The molecule has 3 aliphatic rings. The zero-order valence-electron chi connectivity index (χ0n) is 23.8. The Morgan fingerprint density at radius 1 is 1.18 bits per heavy atom. The van der Waals surface area contributed by atoms with E-state index in [0.717, 1.165) is 54.3 Å². The van der Waals surface area contributed by atoms with Crippen LogP contribution in [0.25, 0.3) is 5.65 Å². The van der Waals surface area contributed by atoms with E-state index in [1.165, 1.54) is 12.1 Å². The van der Waals surface area contributed by atoms with Crippen LogP contribution in [0.3, 0.4) is 0 Å². The average molecular weight is 552 g/mol. The maximum atomic E-state index is 14.2. The number of carbonyl (C=O) groups excluding carboxylic acids is 1. The molecule has 6 rings (SSSR count). The van der Waals surface area contributed by atoms with Crippen LogP contribution in [0.2, 0.25) is 0 Å². The number of hydrogen-bond donors (Lipinski definition) is 1. The number of piperazine rings is 1. The van der Waals surface area contributed by atoms with Gasteiger partial charge in [-0.15, -0.1) is 0 Å². The lowest BCUT2D eigenvalue weighted by atomic mass is 9.90. The fourth-order valence-corrected chi connectivity index (χ4v) is 6.76. The molecule has 1 aromatic carbocycles. The van der Waals surface area contributed by atoms with E-state index in [-0.39, 0.29) is 35.3 Å². The number of carbonyl (C=O) groups is 1. The predicted octanol–water partition coefficient (Wildman–Crippen LogP) is 3.18. The van der Waals surface area contributed by atoms with Crippen LogP contribution in [0.4, 0.5) is 14.5 Å². The monoisotopic (exact) mass is 551 g/mol. The van der Waals surface area contributed by atoms with Crippen LogP contribution in [-0.2, 0) is 16.6 Å². The highest BCUT2D eigenvalue weighted by Gasteiger charge is 2.43. The van der Waals surface area contributed by atoms with Gasteiger partial charge >= 0.3 is 0 Å². The lowest BCUT2D eigenvalue weighted by Crippen LogP contribution is -2.61. The summed E-state index contributed by atoms with van der Waals surface area (Å²) < 4.78 is 29.6. The number of likely N-dealkylation sites (tertiary alicyclic amines) is 1. The van der Waals surface area contributed by atoms with Crippen LogP contribution in [0.5, 0.6) is 0 Å². The quantitative estimate of drug-likeness (QED) is 0.508. The topological polar surface area (TPSA) is 69.0 Å². The maximum Gasteiger partial charge on any atom is 0.241 e. The van der Waals surface area contributed by atoms with E-state index in [1.807, 2.05) is 16.3 Å². The summed E-state index contributed by atoms with van der Waals surface area (Å²) in [6.07, 6.45) is 1.90. The molecule has 0 spiro atoms.